The van der Waals surface area contributed by atoms with Crippen molar-refractivity contribution in [3.8, 4) is 0 Å². The van der Waals surface area contributed by atoms with Crippen molar-refractivity contribution in [1.82, 2.24) is 0 Å². The maximum absolute atomic E-state index is 12.2. The normalized spacial score (nSPS) is 8.00. The summed E-state index contributed by atoms with van der Waals surface area (Å²) in [4.78, 5) is 0. The van der Waals surface area contributed by atoms with Gasteiger partial charge in [0.1, 0.15) is 0 Å². The summed E-state index contributed by atoms with van der Waals surface area (Å²) in [5, 5.41) is 0. The smallest absolute Gasteiger partial charge is 0.194 e. The van der Waals surface area contributed by atoms with Gasteiger partial charge in [0.2, 0.25) is 0 Å². The third-order valence-electron chi connectivity index (χ3n) is 2.26. The molecule has 0 aliphatic heterocycles. The minimum Gasteiger partial charge on any atom is -0.204 e. The van der Waals surface area contributed by atoms with Crippen molar-refractivity contribution >= 4 is 0 Å². The van der Waals surface area contributed by atoms with Gasteiger partial charge in [-0.25, -0.2) is 26.3 Å². The SMILES string of the molecule is CC.CC.CC.CC.Cc1cc(F)c(F)c(F)c1.Cc1cc(F)c(F)c(F)c1. The van der Waals surface area contributed by atoms with Crippen LogP contribution in [0.5, 0.6) is 0 Å². The molecule has 2 aromatic carbocycles. The van der Waals surface area contributed by atoms with Gasteiger partial charge in [-0.1, -0.05) is 55.4 Å². The van der Waals surface area contributed by atoms with E-state index in [1.807, 2.05) is 55.4 Å². The molecule has 0 N–H and O–H groups in total. The van der Waals surface area contributed by atoms with Crippen molar-refractivity contribution in [3.05, 3.63) is 70.3 Å². The minimum atomic E-state index is -1.41. The fourth-order valence-electron chi connectivity index (χ4n) is 1.36. The Labute approximate surface area is 166 Å². The van der Waals surface area contributed by atoms with E-state index in [4.69, 9.17) is 0 Å². The summed E-state index contributed by atoms with van der Waals surface area (Å²) >= 11 is 0. The molecule has 2 rings (SSSR count). The van der Waals surface area contributed by atoms with E-state index in [0.717, 1.165) is 24.3 Å². The average molecular weight is 413 g/mol. The Morgan fingerprint density at radius 3 is 0.679 bits per heavy atom. The number of halogens is 6. The van der Waals surface area contributed by atoms with E-state index in [-0.39, 0.29) is 0 Å². The van der Waals surface area contributed by atoms with Gasteiger partial charge in [0.15, 0.2) is 34.9 Å². The molecule has 0 amide bonds. The third-order valence-corrected chi connectivity index (χ3v) is 2.26. The van der Waals surface area contributed by atoms with Crippen LogP contribution in [0.2, 0.25) is 0 Å². The number of aryl methyl sites for hydroxylation is 2. The van der Waals surface area contributed by atoms with E-state index in [0.29, 0.717) is 11.1 Å². The van der Waals surface area contributed by atoms with Gasteiger partial charge in [0, 0.05) is 0 Å². The van der Waals surface area contributed by atoms with Crippen LogP contribution in [0.1, 0.15) is 66.5 Å². The molecule has 0 nitrogen and oxygen atoms in total. The monoisotopic (exact) mass is 412 g/mol. The van der Waals surface area contributed by atoms with Crippen LogP contribution in [0.3, 0.4) is 0 Å². The fraction of sp³-hybridized carbons (Fsp3) is 0.455. The highest BCUT2D eigenvalue weighted by molar-refractivity contribution is 5.18. The van der Waals surface area contributed by atoms with Gasteiger partial charge < -0.3 is 0 Å². The van der Waals surface area contributed by atoms with Gasteiger partial charge in [-0.15, -0.1) is 0 Å². The Kier molecular flexibility index (Phi) is 25.6. The Bertz CT molecular complexity index is 523. The molecule has 0 fully saturated rings. The van der Waals surface area contributed by atoms with E-state index in [2.05, 4.69) is 0 Å². The Morgan fingerprint density at radius 2 is 0.536 bits per heavy atom. The Morgan fingerprint density at radius 1 is 0.393 bits per heavy atom. The lowest BCUT2D eigenvalue weighted by Crippen LogP contribution is -1.90. The quantitative estimate of drug-likeness (QED) is 0.299. The summed E-state index contributed by atoms with van der Waals surface area (Å²) in [7, 11) is 0. The molecule has 6 heteroatoms. The lowest BCUT2D eigenvalue weighted by Gasteiger charge is -1.95. The first-order chi connectivity index (χ1) is 13.2. The molecule has 0 aromatic heterocycles. The van der Waals surface area contributed by atoms with Gasteiger partial charge in [0.25, 0.3) is 0 Å². The van der Waals surface area contributed by atoms with E-state index < -0.39 is 34.9 Å². The van der Waals surface area contributed by atoms with E-state index >= 15 is 0 Å². The van der Waals surface area contributed by atoms with Crippen molar-refractivity contribution in [1.29, 1.82) is 0 Å². The van der Waals surface area contributed by atoms with Gasteiger partial charge in [-0.3, -0.25) is 0 Å². The second kappa shape index (κ2) is 21.3. The second-order valence-electron chi connectivity index (χ2n) is 4.09. The van der Waals surface area contributed by atoms with Gasteiger partial charge in [-0.05, 0) is 49.2 Å². The third kappa shape index (κ3) is 14.1. The maximum atomic E-state index is 12.2. The molecular formula is C22H34F6. The first-order valence-corrected chi connectivity index (χ1v) is 9.44. The molecule has 164 valence electrons. The van der Waals surface area contributed by atoms with Crippen LogP contribution in [-0.2, 0) is 0 Å². The van der Waals surface area contributed by atoms with Crippen LogP contribution >= 0.6 is 0 Å². The van der Waals surface area contributed by atoms with Crippen molar-refractivity contribution in [2.45, 2.75) is 69.2 Å². The van der Waals surface area contributed by atoms with Crippen LogP contribution in [0.15, 0.2) is 24.3 Å². The van der Waals surface area contributed by atoms with Crippen molar-refractivity contribution in [2.75, 3.05) is 0 Å². The van der Waals surface area contributed by atoms with E-state index in [1.54, 1.807) is 0 Å². The number of benzene rings is 2. The highest BCUT2D eigenvalue weighted by atomic mass is 19.2. The molecule has 0 atom stereocenters. The largest absolute Gasteiger partial charge is 0.204 e. The summed E-state index contributed by atoms with van der Waals surface area (Å²) in [6, 6.07) is 3.77. The summed E-state index contributed by atoms with van der Waals surface area (Å²) in [6.45, 7) is 19.0. The van der Waals surface area contributed by atoms with E-state index in [9.17, 15) is 26.3 Å². The van der Waals surface area contributed by atoms with Crippen molar-refractivity contribution < 1.29 is 26.3 Å². The molecule has 0 bridgehead atoms. The predicted octanol–water partition coefficient (Wildman–Crippen LogP) is 8.93. The molecule has 0 unspecified atom stereocenters. The van der Waals surface area contributed by atoms with Gasteiger partial charge >= 0.3 is 0 Å². The van der Waals surface area contributed by atoms with Crippen LogP contribution in [0.25, 0.3) is 0 Å². The van der Waals surface area contributed by atoms with Gasteiger partial charge in [0.05, 0.1) is 0 Å². The predicted molar refractivity (Wildman–Crippen MR) is 107 cm³/mol. The summed E-state index contributed by atoms with van der Waals surface area (Å²) in [6.07, 6.45) is 0. The summed E-state index contributed by atoms with van der Waals surface area (Å²) in [5.74, 6) is -7.39. The molecule has 0 saturated heterocycles. The highest BCUT2D eigenvalue weighted by Crippen LogP contribution is 2.12. The summed E-state index contributed by atoms with van der Waals surface area (Å²) in [5.41, 5.74) is 0.743. The topological polar surface area (TPSA) is 0 Å². The number of hydrogen-bond donors (Lipinski definition) is 0. The zero-order valence-corrected chi connectivity index (χ0v) is 18.6. The summed E-state index contributed by atoms with van der Waals surface area (Å²) < 4.78 is 73.2. The Balaban J connectivity index is -0.000000152. The average Bonchev–Trinajstić information content (AvgIpc) is 2.71. The van der Waals surface area contributed by atoms with Gasteiger partial charge in [-0.2, -0.15) is 0 Å². The van der Waals surface area contributed by atoms with Crippen LogP contribution in [0.4, 0.5) is 26.3 Å². The van der Waals surface area contributed by atoms with Crippen LogP contribution < -0.4 is 0 Å². The van der Waals surface area contributed by atoms with E-state index in [1.165, 1.54) is 13.8 Å². The standard InChI is InChI=1S/2C7H5F3.4C2H6/c2*1-4-2-5(8)7(10)6(9)3-4;4*1-2/h2*2-3H,1H3;4*1-2H3. The first-order valence-electron chi connectivity index (χ1n) is 9.44. The lowest BCUT2D eigenvalue weighted by atomic mass is 10.2. The fourth-order valence-corrected chi connectivity index (χ4v) is 1.36. The second-order valence-corrected chi connectivity index (χ2v) is 4.09. The molecule has 28 heavy (non-hydrogen) atoms. The Hall–Kier alpha value is -1.98. The molecule has 0 saturated carbocycles. The molecule has 0 aliphatic carbocycles. The molecule has 0 aliphatic rings. The highest BCUT2D eigenvalue weighted by Gasteiger charge is 2.08. The molecule has 2 aromatic rings. The molecule has 0 radical (unpaired) electrons. The minimum absolute atomic E-state index is 0.372. The zero-order chi connectivity index (χ0) is 23.4. The first kappa shape index (κ1) is 33.6. The maximum Gasteiger partial charge on any atom is 0.194 e. The zero-order valence-electron chi connectivity index (χ0n) is 18.6. The number of hydrogen-bond acceptors (Lipinski definition) is 0. The van der Waals surface area contributed by atoms with Crippen LogP contribution in [0, 0.1) is 48.8 Å². The van der Waals surface area contributed by atoms with Crippen molar-refractivity contribution in [3.63, 3.8) is 0 Å². The molecule has 0 spiro atoms. The molecular weight excluding hydrogens is 378 g/mol. The lowest BCUT2D eigenvalue weighted by molar-refractivity contribution is 0.446. The molecule has 0 heterocycles. The number of rotatable bonds is 0. The van der Waals surface area contributed by atoms with Crippen molar-refractivity contribution in [2.24, 2.45) is 0 Å². The van der Waals surface area contributed by atoms with Crippen LogP contribution in [-0.4, -0.2) is 0 Å².